The van der Waals surface area contributed by atoms with Gasteiger partial charge in [0, 0.05) is 13.1 Å². The second kappa shape index (κ2) is 5.45. The van der Waals surface area contributed by atoms with Crippen LogP contribution in [0.1, 0.15) is 0 Å². The first-order valence-corrected chi connectivity index (χ1v) is 5.98. The number of aliphatic hydroxyl groups is 2. The minimum Gasteiger partial charge on any atom is -0.388 e. The number of ether oxygens (including phenoxy) is 2. The van der Waals surface area contributed by atoms with E-state index < -0.39 is 42.7 Å². The number of hydrogen-bond donors (Lipinski definition) is 3. The summed E-state index contributed by atoms with van der Waals surface area (Å²) in [6.07, 6.45) is -10.4. The Labute approximate surface area is 112 Å². The maximum atomic E-state index is 12.5. The Bertz CT molecular complexity index is 378. The Hall–Kier alpha value is -0.940. The summed E-state index contributed by atoms with van der Waals surface area (Å²) in [4.78, 5) is 11.8. The molecule has 2 rings (SSSR count). The quantitative estimate of drug-likeness (QED) is 0.527. The number of carbonyl (C=O) groups excluding carboxylic acids is 1. The van der Waals surface area contributed by atoms with E-state index in [2.05, 4.69) is 0 Å². The van der Waals surface area contributed by atoms with E-state index in [0.29, 0.717) is 4.90 Å². The predicted octanol–water partition coefficient (Wildman–Crippen LogP) is -1.82. The summed E-state index contributed by atoms with van der Waals surface area (Å²) in [5.74, 6) is -2.10. The second-order valence-corrected chi connectivity index (χ2v) is 4.62. The van der Waals surface area contributed by atoms with Crippen LogP contribution in [0.5, 0.6) is 0 Å². The monoisotopic (exact) mass is 300 g/mol. The Balaban J connectivity index is 2.23. The van der Waals surface area contributed by atoms with Gasteiger partial charge in [-0.15, -0.1) is 0 Å². The number of halogens is 3. The van der Waals surface area contributed by atoms with E-state index in [0.717, 1.165) is 0 Å². The van der Waals surface area contributed by atoms with E-state index in [4.69, 9.17) is 15.2 Å². The van der Waals surface area contributed by atoms with Crippen molar-refractivity contribution in [1.82, 2.24) is 4.90 Å². The molecule has 0 aromatic rings. The molecule has 0 spiro atoms. The molecule has 0 aromatic heterocycles. The van der Waals surface area contributed by atoms with Crippen molar-refractivity contribution in [3.63, 3.8) is 0 Å². The molecule has 10 heteroatoms. The molecule has 4 N–H and O–H groups in total. The molecule has 2 aliphatic heterocycles. The van der Waals surface area contributed by atoms with Gasteiger partial charge in [0.25, 0.3) is 0 Å². The van der Waals surface area contributed by atoms with Gasteiger partial charge >= 0.3 is 12.1 Å². The third-order valence-corrected chi connectivity index (χ3v) is 3.38. The van der Waals surface area contributed by atoms with Crippen LogP contribution in [0, 0.1) is 0 Å². The molecule has 0 bridgehead atoms. The lowest BCUT2D eigenvalue weighted by atomic mass is 9.94. The van der Waals surface area contributed by atoms with Crippen molar-refractivity contribution in [2.45, 2.75) is 36.8 Å². The fraction of sp³-hybridized carbons (Fsp3) is 0.900. The standard InChI is InChI=1S/C10H15F3N2O5/c11-10(12,13)9(18)15-1-2-19-8-5(15)7(17)6(16)4(3-14)20-8/h4-8,16-17H,1-3,14H2/t4-,5+,6+,7-,8-/m1/s1. The van der Waals surface area contributed by atoms with Gasteiger partial charge in [0.05, 0.1) is 6.61 Å². The number of aliphatic hydroxyl groups excluding tert-OH is 2. The molecule has 2 heterocycles. The minimum absolute atomic E-state index is 0.141. The van der Waals surface area contributed by atoms with E-state index >= 15 is 0 Å². The molecular weight excluding hydrogens is 285 g/mol. The highest BCUT2D eigenvalue weighted by molar-refractivity contribution is 5.82. The molecule has 0 aromatic carbocycles. The number of hydrogen-bond acceptors (Lipinski definition) is 6. The van der Waals surface area contributed by atoms with E-state index in [-0.39, 0.29) is 19.7 Å². The number of nitrogens with two attached hydrogens (primary N) is 1. The van der Waals surface area contributed by atoms with Crippen LogP contribution in [0.2, 0.25) is 0 Å². The normalized spacial score (nSPS) is 38.5. The summed E-state index contributed by atoms with van der Waals surface area (Å²) in [6, 6.07) is -1.42. The average Bonchev–Trinajstić information content (AvgIpc) is 2.40. The topological polar surface area (TPSA) is 105 Å². The van der Waals surface area contributed by atoms with Crippen molar-refractivity contribution in [2.24, 2.45) is 5.73 Å². The Morgan fingerprint density at radius 2 is 2.00 bits per heavy atom. The van der Waals surface area contributed by atoms with Crippen LogP contribution in [0.3, 0.4) is 0 Å². The van der Waals surface area contributed by atoms with E-state index in [9.17, 15) is 28.2 Å². The van der Waals surface area contributed by atoms with Gasteiger partial charge in [0.15, 0.2) is 6.29 Å². The zero-order valence-corrected chi connectivity index (χ0v) is 10.3. The third kappa shape index (κ3) is 2.61. The smallest absolute Gasteiger partial charge is 0.388 e. The molecule has 7 nitrogen and oxygen atoms in total. The number of nitrogens with zero attached hydrogens (tertiary/aromatic N) is 1. The Morgan fingerprint density at radius 1 is 1.35 bits per heavy atom. The first kappa shape index (κ1) is 15.4. The minimum atomic E-state index is -5.07. The predicted molar refractivity (Wildman–Crippen MR) is 57.2 cm³/mol. The second-order valence-electron chi connectivity index (χ2n) is 4.62. The first-order chi connectivity index (χ1) is 9.27. The number of amides is 1. The van der Waals surface area contributed by atoms with Crippen LogP contribution in [-0.4, -0.2) is 77.5 Å². The summed E-state index contributed by atoms with van der Waals surface area (Å²) < 4.78 is 47.9. The van der Waals surface area contributed by atoms with E-state index in [1.807, 2.05) is 0 Å². The highest BCUT2D eigenvalue weighted by atomic mass is 19.4. The van der Waals surface area contributed by atoms with Crippen molar-refractivity contribution < 1.29 is 37.7 Å². The molecule has 0 radical (unpaired) electrons. The number of alkyl halides is 3. The largest absolute Gasteiger partial charge is 0.471 e. The summed E-state index contributed by atoms with van der Waals surface area (Å²) in [7, 11) is 0. The van der Waals surface area contributed by atoms with Crippen LogP contribution in [0.25, 0.3) is 0 Å². The van der Waals surface area contributed by atoms with Crippen molar-refractivity contribution in [3.05, 3.63) is 0 Å². The summed E-state index contributed by atoms with van der Waals surface area (Å²) in [6.45, 7) is -0.652. The average molecular weight is 300 g/mol. The number of carbonyl (C=O) groups is 1. The fourth-order valence-electron chi connectivity index (χ4n) is 2.40. The van der Waals surface area contributed by atoms with Crippen LogP contribution >= 0.6 is 0 Å². The molecule has 5 atom stereocenters. The van der Waals surface area contributed by atoms with E-state index in [1.165, 1.54) is 0 Å². The zero-order chi connectivity index (χ0) is 15.1. The fourth-order valence-corrected chi connectivity index (χ4v) is 2.40. The maximum absolute atomic E-state index is 12.5. The van der Waals surface area contributed by atoms with Gasteiger partial charge in [-0.1, -0.05) is 0 Å². The van der Waals surface area contributed by atoms with Crippen molar-refractivity contribution >= 4 is 5.91 Å². The molecule has 2 fully saturated rings. The highest BCUT2D eigenvalue weighted by Crippen LogP contribution is 2.31. The van der Waals surface area contributed by atoms with Gasteiger partial charge in [-0.25, -0.2) is 0 Å². The van der Waals surface area contributed by atoms with Crippen molar-refractivity contribution in [3.8, 4) is 0 Å². The van der Waals surface area contributed by atoms with Gasteiger partial charge in [-0.05, 0) is 0 Å². The van der Waals surface area contributed by atoms with Crippen LogP contribution in [0.15, 0.2) is 0 Å². The number of rotatable bonds is 1. The molecule has 0 unspecified atom stereocenters. The Kier molecular flexibility index (Phi) is 4.21. The molecule has 2 aliphatic rings. The molecule has 2 saturated heterocycles. The third-order valence-electron chi connectivity index (χ3n) is 3.38. The SMILES string of the molecule is NC[C@H]1O[C@H]2OCCN(C(=O)C(F)(F)F)[C@H]2[C@@H](O)[C@H]1O. The van der Waals surface area contributed by atoms with Crippen LogP contribution in [0.4, 0.5) is 13.2 Å². The molecule has 116 valence electrons. The molecule has 20 heavy (non-hydrogen) atoms. The summed E-state index contributed by atoms with van der Waals surface area (Å²) >= 11 is 0. The number of morpholine rings is 1. The van der Waals surface area contributed by atoms with Crippen molar-refractivity contribution in [1.29, 1.82) is 0 Å². The summed E-state index contributed by atoms with van der Waals surface area (Å²) in [5, 5.41) is 19.7. The maximum Gasteiger partial charge on any atom is 0.471 e. The molecule has 0 aliphatic carbocycles. The molecule has 0 saturated carbocycles. The lowest BCUT2D eigenvalue weighted by molar-refractivity contribution is -0.300. The Morgan fingerprint density at radius 3 is 2.55 bits per heavy atom. The lowest BCUT2D eigenvalue weighted by Crippen LogP contribution is -2.69. The van der Waals surface area contributed by atoms with E-state index in [1.54, 1.807) is 0 Å². The highest BCUT2D eigenvalue weighted by Gasteiger charge is 2.54. The summed E-state index contributed by atoms with van der Waals surface area (Å²) in [5.41, 5.74) is 5.33. The van der Waals surface area contributed by atoms with Gasteiger partial charge in [0.2, 0.25) is 0 Å². The molecule has 1 amide bonds. The lowest BCUT2D eigenvalue weighted by Gasteiger charge is -2.49. The van der Waals surface area contributed by atoms with Gasteiger partial charge < -0.3 is 30.3 Å². The number of fused-ring (bicyclic) bond motifs is 1. The first-order valence-electron chi connectivity index (χ1n) is 5.98. The van der Waals surface area contributed by atoms with Crippen LogP contribution in [-0.2, 0) is 14.3 Å². The zero-order valence-electron chi connectivity index (χ0n) is 10.3. The van der Waals surface area contributed by atoms with Gasteiger partial charge in [0.1, 0.15) is 24.4 Å². The van der Waals surface area contributed by atoms with Crippen molar-refractivity contribution in [2.75, 3.05) is 19.7 Å². The van der Waals surface area contributed by atoms with Gasteiger partial charge in [-0.2, -0.15) is 13.2 Å². The van der Waals surface area contributed by atoms with Crippen LogP contribution < -0.4 is 5.73 Å². The van der Waals surface area contributed by atoms with Gasteiger partial charge in [-0.3, -0.25) is 4.79 Å². The molecular formula is C10H15F3N2O5.